The van der Waals surface area contributed by atoms with Crippen molar-refractivity contribution in [2.45, 2.75) is 6.67 Å². The molecule has 0 saturated heterocycles. The molecule has 0 unspecified atom stereocenters. The molecule has 1 amide bonds. The van der Waals surface area contributed by atoms with Crippen LogP contribution < -0.4 is 5.73 Å². The number of hydrogen-bond acceptors (Lipinski definition) is 2. The number of alkyl halides is 1. The Labute approximate surface area is 145 Å². The molecule has 3 rings (SSSR count). The third-order valence-electron chi connectivity index (χ3n) is 3.97. The lowest BCUT2D eigenvalue weighted by Gasteiger charge is -2.12. The van der Waals surface area contributed by atoms with Crippen LogP contribution in [0, 0.1) is 17.5 Å². The summed E-state index contributed by atoms with van der Waals surface area (Å²) in [5.41, 5.74) is 6.02. The predicted octanol–water partition coefficient (Wildman–Crippen LogP) is 3.74. The Morgan fingerprint density at radius 2 is 1.69 bits per heavy atom. The molecule has 0 fully saturated rings. The number of aromatic nitrogens is 2. The minimum Gasteiger partial charge on any atom is -0.365 e. The zero-order valence-corrected chi connectivity index (χ0v) is 13.6. The van der Waals surface area contributed by atoms with Crippen LogP contribution in [-0.2, 0) is 13.7 Å². The molecule has 3 aromatic rings. The first kappa shape index (κ1) is 17.7. The Kier molecular flexibility index (Phi) is 4.50. The lowest BCUT2D eigenvalue weighted by molar-refractivity contribution is 0.0999. The molecule has 4 nitrogen and oxygen atoms in total. The molecule has 26 heavy (non-hydrogen) atoms. The molecule has 1 aromatic heterocycles. The van der Waals surface area contributed by atoms with E-state index in [2.05, 4.69) is 5.10 Å². The number of carbonyl (C=O) groups excluding carboxylic acids is 1. The molecule has 2 N–H and O–H groups in total. The lowest BCUT2D eigenvalue weighted by Crippen LogP contribution is -2.14. The Morgan fingerprint density at radius 3 is 2.23 bits per heavy atom. The molecular formula is C18H13F4N3O. The van der Waals surface area contributed by atoms with Crippen LogP contribution in [0.5, 0.6) is 0 Å². The topological polar surface area (TPSA) is 60.9 Å². The van der Waals surface area contributed by atoms with Gasteiger partial charge in [-0.3, -0.25) is 9.48 Å². The highest BCUT2D eigenvalue weighted by molar-refractivity contribution is 6.02. The fourth-order valence-electron chi connectivity index (χ4n) is 2.89. The van der Waals surface area contributed by atoms with Gasteiger partial charge >= 0.3 is 0 Å². The number of benzene rings is 2. The second-order valence-electron chi connectivity index (χ2n) is 5.59. The summed E-state index contributed by atoms with van der Waals surface area (Å²) in [6.45, 7) is -1.01. The maximum Gasteiger partial charge on any atom is 0.252 e. The van der Waals surface area contributed by atoms with Crippen LogP contribution in [0.4, 0.5) is 17.6 Å². The van der Waals surface area contributed by atoms with E-state index in [9.17, 15) is 22.4 Å². The van der Waals surface area contributed by atoms with Crippen LogP contribution in [0.15, 0.2) is 36.4 Å². The highest BCUT2D eigenvalue weighted by Crippen LogP contribution is 2.36. The number of aryl methyl sites for hydroxylation is 1. The third-order valence-corrected chi connectivity index (χ3v) is 3.97. The average Bonchev–Trinajstić information content (AvgIpc) is 2.95. The predicted molar refractivity (Wildman–Crippen MR) is 87.3 cm³/mol. The van der Waals surface area contributed by atoms with Crippen molar-refractivity contribution in [1.82, 2.24) is 9.78 Å². The summed E-state index contributed by atoms with van der Waals surface area (Å²) in [5.74, 6) is -5.16. The first-order chi connectivity index (χ1) is 12.3. The van der Waals surface area contributed by atoms with E-state index >= 15 is 0 Å². The summed E-state index contributed by atoms with van der Waals surface area (Å²) in [6.07, 6.45) is 0. The SMILES string of the molecule is Cn1nc(CF)c(C(N)=O)c1-c1ccccc1-c1cc(F)c(F)c(F)c1. The van der Waals surface area contributed by atoms with Gasteiger partial charge < -0.3 is 5.73 Å². The van der Waals surface area contributed by atoms with Crippen molar-refractivity contribution in [3.8, 4) is 22.4 Å². The van der Waals surface area contributed by atoms with Gasteiger partial charge in [-0.1, -0.05) is 24.3 Å². The number of rotatable bonds is 4. The number of amides is 1. The Bertz CT molecular complexity index is 991. The molecule has 0 atom stereocenters. The fourth-order valence-corrected chi connectivity index (χ4v) is 2.89. The quantitative estimate of drug-likeness (QED) is 0.567. The zero-order chi connectivity index (χ0) is 19.0. The van der Waals surface area contributed by atoms with Gasteiger partial charge in [-0.15, -0.1) is 0 Å². The zero-order valence-electron chi connectivity index (χ0n) is 13.6. The van der Waals surface area contributed by atoms with Crippen LogP contribution >= 0.6 is 0 Å². The standard InChI is InChI=1S/C18H13F4N3O/c1-25-17(15(18(23)26)14(8-19)24-25)11-5-3-2-4-10(11)9-6-12(20)16(22)13(21)7-9/h2-7H,8H2,1H3,(H2,23,26). The lowest BCUT2D eigenvalue weighted by atomic mass is 9.95. The molecule has 0 aliphatic rings. The highest BCUT2D eigenvalue weighted by Gasteiger charge is 2.24. The summed E-state index contributed by atoms with van der Waals surface area (Å²) in [5, 5.41) is 3.94. The third kappa shape index (κ3) is 2.83. The van der Waals surface area contributed by atoms with Crippen LogP contribution in [0.3, 0.4) is 0 Å². The van der Waals surface area contributed by atoms with Gasteiger partial charge in [0.2, 0.25) is 0 Å². The van der Waals surface area contributed by atoms with Crippen molar-refractivity contribution in [3.05, 3.63) is 65.1 Å². The van der Waals surface area contributed by atoms with E-state index in [4.69, 9.17) is 5.73 Å². The van der Waals surface area contributed by atoms with E-state index < -0.39 is 30.0 Å². The van der Waals surface area contributed by atoms with Crippen molar-refractivity contribution in [2.24, 2.45) is 12.8 Å². The van der Waals surface area contributed by atoms with E-state index in [1.165, 1.54) is 17.8 Å². The van der Waals surface area contributed by atoms with Crippen molar-refractivity contribution in [2.75, 3.05) is 0 Å². The van der Waals surface area contributed by atoms with Gasteiger partial charge in [0.05, 0.1) is 11.3 Å². The van der Waals surface area contributed by atoms with Gasteiger partial charge in [-0.2, -0.15) is 5.10 Å². The van der Waals surface area contributed by atoms with E-state index in [0.717, 1.165) is 12.1 Å². The molecular weight excluding hydrogens is 350 g/mol. The number of nitrogens with zero attached hydrogens (tertiary/aromatic N) is 2. The summed E-state index contributed by atoms with van der Waals surface area (Å²) in [4.78, 5) is 11.8. The molecule has 0 spiro atoms. The van der Waals surface area contributed by atoms with Crippen LogP contribution in [0.2, 0.25) is 0 Å². The van der Waals surface area contributed by atoms with E-state index in [0.29, 0.717) is 11.1 Å². The largest absolute Gasteiger partial charge is 0.365 e. The van der Waals surface area contributed by atoms with Crippen LogP contribution in [0.1, 0.15) is 16.1 Å². The smallest absolute Gasteiger partial charge is 0.252 e. The second kappa shape index (κ2) is 6.62. The van der Waals surface area contributed by atoms with Gasteiger partial charge in [0, 0.05) is 12.6 Å². The number of carbonyl (C=O) groups is 1. The van der Waals surface area contributed by atoms with E-state index in [-0.39, 0.29) is 22.5 Å². The van der Waals surface area contributed by atoms with Crippen molar-refractivity contribution in [3.63, 3.8) is 0 Å². The minimum absolute atomic E-state index is 0.0513. The van der Waals surface area contributed by atoms with Crippen molar-refractivity contribution >= 4 is 5.91 Å². The number of halogens is 4. The first-order valence-corrected chi connectivity index (χ1v) is 7.51. The molecule has 8 heteroatoms. The van der Waals surface area contributed by atoms with Gasteiger partial charge in [0.25, 0.3) is 5.91 Å². The molecule has 0 bridgehead atoms. The Morgan fingerprint density at radius 1 is 1.12 bits per heavy atom. The molecule has 0 aliphatic heterocycles. The monoisotopic (exact) mass is 363 g/mol. The maximum absolute atomic E-state index is 13.6. The minimum atomic E-state index is -1.58. The summed E-state index contributed by atoms with van der Waals surface area (Å²) in [6, 6.07) is 8.02. The molecule has 134 valence electrons. The van der Waals surface area contributed by atoms with Gasteiger partial charge in [-0.05, 0) is 23.3 Å². The molecule has 1 heterocycles. The summed E-state index contributed by atoms with van der Waals surface area (Å²) < 4.78 is 55.0. The van der Waals surface area contributed by atoms with Crippen molar-refractivity contribution < 1.29 is 22.4 Å². The van der Waals surface area contributed by atoms with Gasteiger partial charge in [-0.25, -0.2) is 17.6 Å². The maximum atomic E-state index is 13.6. The Balaban J connectivity index is 2.31. The molecule has 2 aromatic carbocycles. The van der Waals surface area contributed by atoms with Crippen LogP contribution in [-0.4, -0.2) is 15.7 Å². The Hall–Kier alpha value is -3.16. The normalized spacial score (nSPS) is 11.0. The molecule has 0 radical (unpaired) electrons. The fraction of sp³-hybridized carbons (Fsp3) is 0.111. The number of primary amides is 1. The average molecular weight is 363 g/mol. The summed E-state index contributed by atoms with van der Waals surface area (Å²) >= 11 is 0. The second-order valence-corrected chi connectivity index (χ2v) is 5.59. The van der Waals surface area contributed by atoms with Gasteiger partial charge in [0.1, 0.15) is 12.4 Å². The molecule has 0 aliphatic carbocycles. The highest BCUT2D eigenvalue weighted by atomic mass is 19.2. The van der Waals surface area contributed by atoms with Crippen molar-refractivity contribution in [1.29, 1.82) is 0 Å². The summed E-state index contributed by atoms with van der Waals surface area (Å²) in [7, 11) is 1.49. The van der Waals surface area contributed by atoms with E-state index in [1.54, 1.807) is 18.2 Å². The number of hydrogen-bond donors (Lipinski definition) is 1. The van der Waals surface area contributed by atoms with Gasteiger partial charge in [0.15, 0.2) is 17.5 Å². The van der Waals surface area contributed by atoms with Crippen LogP contribution in [0.25, 0.3) is 22.4 Å². The number of nitrogens with two attached hydrogens (primary N) is 1. The van der Waals surface area contributed by atoms with E-state index in [1.807, 2.05) is 0 Å². The molecule has 0 saturated carbocycles. The first-order valence-electron chi connectivity index (χ1n) is 7.51.